The van der Waals surface area contributed by atoms with Gasteiger partial charge in [0.1, 0.15) is 0 Å². The number of hydrogen-bond acceptors (Lipinski definition) is 2. The first-order chi connectivity index (χ1) is 8.73. The van der Waals surface area contributed by atoms with Crippen LogP contribution in [0.25, 0.3) is 0 Å². The van der Waals surface area contributed by atoms with Gasteiger partial charge in [-0.3, -0.25) is 4.79 Å². The third-order valence-corrected chi connectivity index (χ3v) is 2.85. The molecule has 0 rings (SSSR count). The molecule has 0 spiro atoms. The first kappa shape index (κ1) is 17.5. The molecule has 0 aromatic heterocycles. The molecule has 1 atom stereocenters. The summed E-state index contributed by atoms with van der Waals surface area (Å²) in [6.07, 6.45) is 3.00. The van der Waals surface area contributed by atoms with Crippen LogP contribution in [0.5, 0.6) is 0 Å². The lowest BCUT2D eigenvalue weighted by Crippen LogP contribution is -2.51. The molecule has 0 aromatic carbocycles. The minimum atomic E-state index is -0.867. The highest BCUT2D eigenvalue weighted by molar-refractivity contribution is 5.76. The molecular weight excluding hydrogens is 244 g/mol. The zero-order valence-corrected chi connectivity index (χ0v) is 12.4. The van der Waals surface area contributed by atoms with Gasteiger partial charge in [0, 0.05) is 18.6 Å². The maximum atomic E-state index is 12.1. The highest BCUT2D eigenvalue weighted by Crippen LogP contribution is 2.13. The van der Waals surface area contributed by atoms with Gasteiger partial charge in [-0.25, -0.2) is 4.79 Å². The van der Waals surface area contributed by atoms with Crippen LogP contribution in [0.1, 0.15) is 40.5 Å². The lowest BCUT2D eigenvalue weighted by atomic mass is 10.0. The lowest BCUT2D eigenvalue weighted by Gasteiger charge is -2.35. The summed E-state index contributed by atoms with van der Waals surface area (Å²) < 4.78 is 0. The predicted molar refractivity (Wildman–Crippen MR) is 76.1 cm³/mol. The summed E-state index contributed by atoms with van der Waals surface area (Å²) in [5, 5.41) is 11.7. The van der Waals surface area contributed by atoms with Crippen LogP contribution in [0.2, 0.25) is 0 Å². The first-order valence-electron chi connectivity index (χ1n) is 6.63. The molecule has 0 aliphatic heterocycles. The standard InChI is InChI=1S/C14H26N2O3/c1-6-8-11(12(17)18)10-15-13(19)16(9-7-2)14(3,4)5/h7,11H,2,6,8-10H2,1,3-5H3,(H,15,19)(H,17,18). The van der Waals surface area contributed by atoms with E-state index in [1.165, 1.54) is 0 Å². The molecule has 19 heavy (non-hydrogen) atoms. The maximum Gasteiger partial charge on any atom is 0.318 e. The molecule has 0 aliphatic carbocycles. The number of hydrogen-bond donors (Lipinski definition) is 2. The molecule has 2 amide bonds. The van der Waals surface area contributed by atoms with E-state index in [0.29, 0.717) is 13.0 Å². The van der Waals surface area contributed by atoms with E-state index in [0.717, 1.165) is 6.42 Å². The summed E-state index contributed by atoms with van der Waals surface area (Å²) in [6, 6.07) is -0.255. The molecule has 110 valence electrons. The van der Waals surface area contributed by atoms with Crippen molar-refractivity contribution < 1.29 is 14.7 Å². The van der Waals surface area contributed by atoms with Crippen molar-refractivity contribution >= 4 is 12.0 Å². The smallest absolute Gasteiger partial charge is 0.318 e. The van der Waals surface area contributed by atoms with Gasteiger partial charge >= 0.3 is 12.0 Å². The molecule has 0 bridgehead atoms. The number of urea groups is 1. The molecule has 2 N–H and O–H groups in total. The normalized spacial score (nSPS) is 12.6. The minimum Gasteiger partial charge on any atom is -0.481 e. The molecule has 0 aliphatic rings. The second-order valence-electron chi connectivity index (χ2n) is 5.58. The topological polar surface area (TPSA) is 69.6 Å². The number of nitrogens with one attached hydrogen (secondary N) is 1. The summed E-state index contributed by atoms with van der Waals surface area (Å²) in [7, 11) is 0. The molecule has 0 heterocycles. The van der Waals surface area contributed by atoms with Crippen LogP contribution in [0, 0.1) is 5.92 Å². The number of rotatable bonds is 7. The summed E-state index contributed by atoms with van der Waals surface area (Å²) in [6.45, 7) is 11.9. The van der Waals surface area contributed by atoms with Crippen LogP contribution in [0.4, 0.5) is 4.79 Å². The third kappa shape index (κ3) is 6.27. The second-order valence-corrected chi connectivity index (χ2v) is 5.58. The zero-order valence-electron chi connectivity index (χ0n) is 12.4. The largest absolute Gasteiger partial charge is 0.481 e. The molecule has 0 aromatic rings. The van der Waals surface area contributed by atoms with Crippen molar-refractivity contribution in [2.45, 2.75) is 46.1 Å². The predicted octanol–water partition coefficient (Wildman–Crippen LogP) is 2.48. The van der Waals surface area contributed by atoms with Crippen LogP contribution in [0.15, 0.2) is 12.7 Å². The van der Waals surface area contributed by atoms with Crippen molar-refractivity contribution in [2.24, 2.45) is 5.92 Å². The molecule has 0 saturated carbocycles. The Morgan fingerprint density at radius 2 is 2.00 bits per heavy atom. The Morgan fingerprint density at radius 3 is 2.37 bits per heavy atom. The van der Waals surface area contributed by atoms with Crippen molar-refractivity contribution in [2.75, 3.05) is 13.1 Å². The highest BCUT2D eigenvalue weighted by atomic mass is 16.4. The van der Waals surface area contributed by atoms with Gasteiger partial charge in [0.25, 0.3) is 0 Å². The average molecular weight is 270 g/mol. The van der Waals surface area contributed by atoms with E-state index >= 15 is 0 Å². The molecule has 1 unspecified atom stereocenters. The van der Waals surface area contributed by atoms with E-state index in [-0.39, 0.29) is 18.1 Å². The third-order valence-electron chi connectivity index (χ3n) is 2.85. The van der Waals surface area contributed by atoms with Crippen molar-refractivity contribution in [3.63, 3.8) is 0 Å². The molecule has 0 fully saturated rings. The van der Waals surface area contributed by atoms with Gasteiger partial charge in [0.15, 0.2) is 0 Å². The molecule has 5 heteroatoms. The van der Waals surface area contributed by atoms with Crippen LogP contribution in [-0.2, 0) is 4.79 Å². The minimum absolute atomic E-state index is 0.158. The van der Waals surface area contributed by atoms with E-state index in [4.69, 9.17) is 5.11 Å². The fourth-order valence-corrected chi connectivity index (χ4v) is 1.76. The van der Waals surface area contributed by atoms with E-state index in [1.807, 2.05) is 27.7 Å². The quantitative estimate of drug-likeness (QED) is 0.698. The Labute approximate surface area is 115 Å². The molecule has 0 radical (unpaired) electrons. The summed E-state index contributed by atoms with van der Waals surface area (Å²) >= 11 is 0. The van der Waals surface area contributed by atoms with Crippen LogP contribution < -0.4 is 5.32 Å². The van der Waals surface area contributed by atoms with Crippen molar-refractivity contribution in [3.8, 4) is 0 Å². The number of amides is 2. The van der Waals surface area contributed by atoms with Crippen LogP contribution in [-0.4, -0.2) is 40.6 Å². The van der Waals surface area contributed by atoms with Gasteiger partial charge in [-0.1, -0.05) is 19.4 Å². The Balaban J connectivity index is 4.56. The fraction of sp³-hybridized carbons (Fsp3) is 0.714. The van der Waals surface area contributed by atoms with Gasteiger partial charge < -0.3 is 15.3 Å². The fourth-order valence-electron chi connectivity index (χ4n) is 1.76. The van der Waals surface area contributed by atoms with E-state index in [9.17, 15) is 9.59 Å². The average Bonchev–Trinajstić information content (AvgIpc) is 2.29. The van der Waals surface area contributed by atoms with Crippen molar-refractivity contribution in [1.29, 1.82) is 0 Å². The van der Waals surface area contributed by atoms with Gasteiger partial charge in [-0.05, 0) is 27.2 Å². The van der Waals surface area contributed by atoms with Crippen LogP contribution in [0.3, 0.4) is 0 Å². The first-order valence-corrected chi connectivity index (χ1v) is 6.63. The molecule has 0 saturated heterocycles. The number of carboxylic acids is 1. The molecule has 5 nitrogen and oxygen atoms in total. The summed E-state index contributed by atoms with van der Waals surface area (Å²) in [5.41, 5.74) is -0.332. The lowest BCUT2D eigenvalue weighted by molar-refractivity contribution is -0.141. The van der Waals surface area contributed by atoms with E-state index < -0.39 is 11.9 Å². The number of nitrogens with zero attached hydrogens (tertiary/aromatic N) is 1. The Kier molecular flexibility index (Phi) is 7.19. The number of carbonyl (C=O) groups excluding carboxylic acids is 1. The van der Waals surface area contributed by atoms with Gasteiger partial charge in [-0.2, -0.15) is 0 Å². The van der Waals surface area contributed by atoms with Gasteiger partial charge in [0.05, 0.1) is 5.92 Å². The number of carbonyl (C=O) groups is 2. The highest BCUT2D eigenvalue weighted by Gasteiger charge is 2.26. The molecular formula is C14H26N2O3. The van der Waals surface area contributed by atoms with Crippen LogP contribution >= 0.6 is 0 Å². The van der Waals surface area contributed by atoms with Crippen molar-refractivity contribution in [3.05, 3.63) is 12.7 Å². The van der Waals surface area contributed by atoms with E-state index in [2.05, 4.69) is 11.9 Å². The monoisotopic (exact) mass is 270 g/mol. The Hall–Kier alpha value is -1.52. The zero-order chi connectivity index (χ0) is 15.1. The van der Waals surface area contributed by atoms with Crippen molar-refractivity contribution in [1.82, 2.24) is 10.2 Å². The Morgan fingerprint density at radius 1 is 1.42 bits per heavy atom. The number of aliphatic carboxylic acids is 1. The Bertz CT molecular complexity index is 321. The van der Waals surface area contributed by atoms with Gasteiger partial charge in [0.2, 0.25) is 0 Å². The van der Waals surface area contributed by atoms with E-state index in [1.54, 1.807) is 11.0 Å². The number of carboxylic acid groups (broad SMARTS) is 1. The summed E-state index contributed by atoms with van der Waals surface area (Å²) in [5.74, 6) is -1.40. The SMILES string of the molecule is C=CCN(C(=O)NCC(CCC)C(=O)O)C(C)(C)C. The second kappa shape index (κ2) is 7.81. The maximum absolute atomic E-state index is 12.1. The van der Waals surface area contributed by atoms with Gasteiger partial charge in [-0.15, -0.1) is 6.58 Å². The summed E-state index contributed by atoms with van der Waals surface area (Å²) in [4.78, 5) is 24.7.